The molecule has 24 heavy (non-hydrogen) atoms. The molecule has 0 aromatic heterocycles. The van der Waals surface area contributed by atoms with E-state index in [0.29, 0.717) is 22.1 Å². The van der Waals surface area contributed by atoms with Gasteiger partial charge in [-0.15, -0.1) is 0 Å². The summed E-state index contributed by atoms with van der Waals surface area (Å²) in [4.78, 5) is 23.2. The summed E-state index contributed by atoms with van der Waals surface area (Å²) in [5.74, 6) is 0.341. The van der Waals surface area contributed by atoms with E-state index < -0.39 is 0 Å². The zero-order chi connectivity index (χ0) is 17.7. The molecule has 5 nitrogen and oxygen atoms in total. The van der Waals surface area contributed by atoms with Gasteiger partial charge in [0.25, 0.3) is 0 Å². The molecule has 0 radical (unpaired) electrons. The Morgan fingerprint density at radius 3 is 2.21 bits per heavy atom. The first-order valence-electron chi connectivity index (χ1n) is 7.39. The third-order valence-corrected chi connectivity index (χ3v) is 3.58. The molecule has 0 atom stereocenters. The Labute approximate surface area is 146 Å². The average molecular weight is 347 g/mol. The van der Waals surface area contributed by atoms with E-state index in [-0.39, 0.29) is 18.2 Å². The van der Waals surface area contributed by atoms with Crippen molar-refractivity contribution in [1.29, 1.82) is 0 Å². The number of rotatable bonds is 5. The fraction of sp³-hybridized carbons (Fsp3) is 0.222. The minimum absolute atomic E-state index is 0.143. The Hall–Kier alpha value is -2.53. The van der Waals surface area contributed by atoms with Gasteiger partial charge in [-0.1, -0.05) is 11.6 Å². The van der Waals surface area contributed by atoms with Crippen LogP contribution >= 0.6 is 11.6 Å². The standard InChI is InChI=1S/C18H19ClN2O3/c1-11-8-14(19)9-13(18(11)24-3)10-17(23)21-16-6-4-15(5-7-16)20-12(2)22/h4-9H,10H2,1-3H3,(H,20,22)(H,21,23). The first-order chi connectivity index (χ1) is 11.4. The van der Waals surface area contributed by atoms with Crippen molar-refractivity contribution in [2.45, 2.75) is 20.3 Å². The van der Waals surface area contributed by atoms with E-state index in [2.05, 4.69) is 10.6 Å². The van der Waals surface area contributed by atoms with Crippen LogP contribution in [0.2, 0.25) is 5.02 Å². The molecule has 2 aromatic carbocycles. The Bertz CT molecular complexity index is 758. The Morgan fingerprint density at radius 1 is 1.08 bits per heavy atom. The Morgan fingerprint density at radius 2 is 1.67 bits per heavy atom. The summed E-state index contributed by atoms with van der Waals surface area (Å²) < 4.78 is 5.36. The van der Waals surface area contributed by atoms with Gasteiger partial charge in [0, 0.05) is 28.9 Å². The van der Waals surface area contributed by atoms with Crippen LogP contribution in [0, 0.1) is 6.92 Å². The topological polar surface area (TPSA) is 67.4 Å². The molecule has 0 saturated carbocycles. The van der Waals surface area contributed by atoms with E-state index in [1.165, 1.54) is 6.92 Å². The monoisotopic (exact) mass is 346 g/mol. The Kier molecular flexibility index (Phi) is 5.82. The van der Waals surface area contributed by atoms with Gasteiger partial charge >= 0.3 is 0 Å². The van der Waals surface area contributed by atoms with Crippen LogP contribution < -0.4 is 15.4 Å². The normalized spacial score (nSPS) is 10.2. The number of amides is 2. The van der Waals surface area contributed by atoms with Crippen LogP contribution in [0.15, 0.2) is 36.4 Å². The van der Waals surface area contributed by atoms with Crippen molar-refractivity contribution >= 4 is 34.8 Å². The van der Waals surface area contributed by atoms with Gasteiger partial charge < -0.3 is 15.4 Å². The first-order valence-corrected chi connectivity index (χ1v) is 7.77. The predicted molar refractivity (Wildman–Crippen MR) is 95.8 cm³/mol. The van der Waals surface area contributed by atoms with Crippen LogP contribution in [0.1, 0.15) is 18.1 Å². The number of carbonyl (C=O) groups excluding carboxylic acids is 2. The molecule has 0 heterocycles. The molecular weight excluding hydrogens is 328 g/mol. The molecule has 126 valence electrons. The summed E-state index contributed by atoms with van der Waals surface area (Å²) in [7, 11) is 1.57. The van der Waals surface area contributed by atoms with Gasteiger partial charge in [0.05, 0.1) is 13.5 Å². The largest absolute Gasteiger partial charge is 0.496 e. The molecule has 0 saturated heterocycles. The molecule has 2 rings (SSSR count). The molecule has 2 N–H and O–H groups in total. The minimum atomic E-state index is -0.178. The molecule has 0 fully saturated rings. The molecule has 0 aliphatic carbocycles. The number of methoxy groups -OCH3 is 1. The summed E-state index contributed by atoms with van der Waals surface area (Å²) in [6.07, 6.45) is 0.151. The lowest BCUT2D eigenvalue weighted by Gasteiger charge is -2.12. The number of benzene rings is 2. The van der Waals surface area contributed by atoms with Crippen molar-refractivity contribution < 1.29 is 14.3 Å². The van der Waals surface area contributed by atoms with Gasteiger partial charge in [-0.25, -0.2) is 0 Å². The number of halogens is 1. The SMILES string of the molecule is COc1c(C)cc(Cl)cc1CC(=O)Nc1ccc(NC(C)=O)cc1. The van der Waals surface area contributed by atoms with Crippen molar-refractivity contribution in [2.24, 2.45) is 0 Å². The molecular formula is C18H19ClN2O3. The predicted octanol–water partition coefficient (Wildman–Crippen LogP) is 3.80. The molecule has 6 heteroatoms. The van der Waals surface area contributed by atoms with Crippen molar-refractivity contribution in [1.82, 2.24) is 0 Å². The molecule has 2 amide bonds. The van der Waals surface area contributed by atoms with Gasteiger partial charge in [0.2, 0.25) is 11.8 Å². The molecule has 2 aromatic rings. The highest BCUT2D eigenvalue weighted by atomic mass is 35.5. The van der Waals surface area contributed by atoms with Crippen molar-refractivity contribution in [2.75, 3.05) is 17.7 Å². The summed E-state index contributed by atoms with van der Waals surface area (Å²) in [5, 5.41) is 6.05. The lowest BCUT2D eigenvalue weighted by Crippen LogP contribution is -2.15. The van der Waals surface area contributed by atoms with E-state index >= 15 is 0 Å². The van der Waals surface area contributed by atoms with Gasteiger partial charge in [-0.3, -0.25) is 9.59 Å². The number of hydrogen-bond donors (Lipinski definition) is 2. The maximum atomic E-state index is 12.3. The fourth-order valence-corrected chi connectivity index (χ4v) is 2.74. The van der Waals surface area contributed by atoms with Crippen LogP contribution in [0.3, 0.4) is 0 Å². The van der Waals surface area contributed by atoms with Gasteiger partial charge in [-0.2, -0.15) is 0 Å². The minimum Gasteiger partial charge on any atom is -0.496 e. The second kappa shape index (κ2) is 7.84. The van der Waals surface area contributed by atoms with E-state index in [9.17, 15) is 9.59 Å². The first kappa shape index (κ1) is 17.8. The Balaban J connectivity index is 2.07. The zero-order valence-electron chi connectivity index (χ0n) is 13.8. The second-order valence-electron chi connectivity index (χ2n) is 5.40. The quantitative estimate of drug-likeness (QED) is 0.865. The number of aryl methyl sites for hydroxylation is 1. The van der Waals surface area contributed by atoms with E-state index in [4.69, 9.17) is 16.3 Å². The number of anilines is 2. The molecule has 0 aliphatic heterocycles. The van der Waals surface area contributed by atoms with E-state index in [1.54, 1.807) is 43.5 Å². The smallest absolute Gasteiger partial charge is 0.228 e. The molecule has 0 bridgehead atoms. The lowest BCUT2D eigenvalue weighted by molar-refractivity contribution is -0.116. The van der Waals surface area contributed by atoms with Gasteiger partial charge in [-0.05, 0) is 48.9 Å². The van der Waals surface area contributed by atoms with Crippen LogP contribution in [0.4, 0.5) is 11.4 Å². The van der Waals surface area contributed by atoms with Gasteiger partial charge in [0.1, 0.15) is 5.75 Å². The molecule has 0 spiro atoms. The average Bonchev–Trinajstić information content (AvgIpc) is 2.48. The second-order valence-corrected chi connectivity index (χ2v) is 5.83. The maximum absolute atomic E-state index is 12.3. The summed E-state index contributed by atoms with van der Waals surface area (Å²) in [6.45, 7) is 3.32. The van der Waals surface area contributed by atoms with Crippen molar-refractivity contribution in [3.8, 4) is 5.75 Å². The van der Waals surface area contributed by atoms with Crippen molar-refractivity contribution in [3.63, 3.8) is 0 Å². The number of hydrogen-bond acceptors (Lipinski definition) is 3. The van der Waals surface area contributed by atoms with Crippen LogP contribution in [-0.2, 0) is 16.0 Å². The number of nitrogens with one attached hydrogen (secondary N) is 2. The van der Waals surface area contributed by atoms with Crippen LogP contribution in [-0.4, -0.2) is 18.9 Å². The highest BCUT2D eigenvalue weighted by Crippen LogP contribution is 2.28. The van der Waals surface area contributed by atoms with E-state index in [0.717, 1.165) is 11.1 Å². The van der Waals surface area contributed by atoms with Crippen LogP contribution in [0.5, 0.6) is 5.75 Å². The molecule has 0 unspecified atom stereocenters. The third kappa shape index (κ3) is 4.73. The summed E-state index contributed by atoms with van der Waals surface area (Å²) >= 11 is 6.06. The lowest BCUT2D eigenvalue weighted by atomic mass is 10.1. The highest BCUT2D eigenvalue weighted by molar-refractivity contribution is 6.30. The molecule has 0 aliphatic rings. The number of carbonyl (C=O) groups is 2. The zero-order valence-corrected chi connectivity index (χ0v) is 14.5. The summed E-state index contributed by atoms with van der Waals surface area (Å²) in [6, 6.07) is 10.4. The number of ether oxygens (including phenoxy) is 1. The fourth-order valence-electron chi connectivity index (χ4n) is 2.44. The van der Waals surface area contributed by atoms with Gasteiger partial charge in [0.15, 0.2) is 0 Å². The highest BCUT2D eigenvalue weighted by Gasteiger charge is 2.12. The third-order valence-electron chi connectivity index (χ3n) is 3.36. The van der Waals surface area contributed by atoms with E-state index in [1.807, 2.05) is 6.92 Å². The van der Waals surface area contributed by atoms with Crippen LogP contribution in [0.25, 0.3) is 0 Å². The summed E-state index contributed by atoms with van der Waals surface area (Å²) in [5.41, 5.74) is 2.93. The van der Waals surface area contributed by atoms with Crippen molar-refractivity contribution in [3.05, 3.63) is 52.5 Å². The maximum Gasteiger partial charge on any atom is 0.228 e.